The largest absolute Gasteiger partial charge is 0.376 e. The molecule has 4 atom stereocenters. The van der Waals surface area contributed by atoms with Crippen molar-refractivity contribution in [2.75, 3.05) is 6.61 Å². The summed E-state index contributed by atoms with van der Waals surface area (Å²) in [6, 6.07) is -0.131. The number of nitrogens with zero attached hydrogens (tertiary/aromatic N) is 3. The van der Waals surface area contributed by atoms with Gasteiger partial charge in [-0.2, -0.15) is 5.10 Å². The third kappa shape index (κ3) is 1.56. The Balaban J connectivity index is 1.56. The lowest BCUT2D eigenvalue weighted by Gasteiger charge is -2.45. The van der Waals surface area contributed by atoms with Crippen molar-refractivity contribution in [2.24, 2.45) is 11.7 Å². The normalized spacial score (nSPS) is 31.9. The summed E-state index contributed by atoms with van der Waals surface area (Å²) in [6.45, 7) is 0.732. The van der Waals surface area contributed by atoms with Gasteiger partial charge >= 0.3 is 0 Å². The molecule has 1 saturated carbocycles. The van der Waals surface area contributed by atoms with E-state index in [0.717, 1.165) is 13.0 Å². The number of aromatic nitrogens is 3. The Morgan fingerprint density at radius 3 is 3.30 bits per heavy atom. The first-order valence-corrected chi connectivity index (χ1v) is 6.71. The zero-order chi connectivity index (χ0) is 13.7. The summed E-state index contributed by atoms with van der Waals surface area (Å²) >= 11 is 0. The second-order valence-electron chi connectivity index (χ2n) is 5.33. The lowest BCUT2D eigenvalue weighted by Crippen LogP contribution is -2.68. The van der Waals surface area contributed by atoms with Crippen LogP contribution in [-0.2, 0) is 4.74 Å². The summed E-state index contributed by atoms with van der Waals surface area (Å²) in [5.41, 5.74) is 7.28. The highest BCUT2D eigenvalue weighted by atomic mass is 16.5. The van der Waals surface area contributed by atoms with Gasteiger partial charge in [0.15, 0.2) is 0 Å². The minimum Gasteiger partial charge on any atom is -0.376 e. The molecule has 3 N–H and O–H groups in total. The number of nitrogens with two attached hydrogens (primary N) is 1. The fourth-order valence-electron chi connectivity index (χ4n) is 3.17. The van der Waals surface area contributed by atoms with Gasteiger partial charge in [-0.25, -0.2) is 4.52 Å². The number of carbonyl (C=O) groups excluding carboxylic acids is 1. The summed E-state index contributed by atoms with van der Waals surface area (Å²) in [7, 11) is 0. The van der Waals surface area contributed by atoms with E-state index >= 15 is 0 Å². The number of ether oxygens (including phenoxy) is 1. The SMILES string of the molecule is NC1C2CCOC2C1NC(=O)c1cnn2ccncc12. The number of carbonyl (C=O) groups is 1. The smallest absolute Gasteiger partial charge is 0.255 e. The summed E-state index contributed by atoms with van der Waals surface area (Å²) in [6.07, 6.45) is 7.55. The highest BCUT2D eigenvalue weighted by Gasteiger charge is 2.52. The lowest BCUT2D eigenvalue weighted by molar-refractivity contribution is -0.0160. The van der Waals surface area contributed by atoms with E-state index in [1.54, 1.807) is 29.3 Å². The van der Waals surface area contributed by atoms with Crippen LogP contribution in [0.15, 0.2) is 24.8 Å². The fraction of sp³-hybridized carbons (Fsp3) is 0.462. The first kappa shape index (κ1) is 11.8. The van der Waals surface area contributed by atoms with Gasteiger partial charge in [-0.1, -0.05) is 0 Å². The second kappa shape index (κ2) is 4.26. The molecule has 2 aliphatic rings. The van der Waals surface area contributed by atoms with Gasteiger partial charge in [0.1, 0.15) is 0 Å². The minimum atomic E-state index is -0.178. The van der Waals surface area contributed by atoms with Crippen LogP contribution in [0.4, 0.5) is 0 Å². The molecule has 1 saturated heterocycles. The van der Waals surface area contributed by atoms with Crippen LogP contribution in [0.5, 0.6) is 0 Å². The lowest BCUT2D eigenvalue weighted by atomic mass is 9.72. The van der Waals surface area contributed by atoms with Crippen molar-refractivity contribution >= 4 is 11.4 Å². The molecule has 4 unspecified atom stereocenters. The Morgan fingerprint density at radius 1 is 1.50 bits per heavy atom. The third-order valence-electron chi connectivity index (χ3n) is 4.31. The molecule has 104 valence electrons. The number of amides is 1. The quantitative estimate of drug-likeness (QED) is 0.774. The first-order chi connectivity index (χ1) is 9.75. The van der Waals surface area contributed by atoms with Gasteiger partial charge < -0.3 is 15.8 Å². The molecule has 0 radical (unpaired) electrons. The van der Waals surface area contributed by atoms with Gasteiger partial charge in [-0.3, -0.25) is 9.78 Å². The van der Waals surface area contributed by atoms with Gasteiger partial charge in [-0.05, 0) is 6.42 Å². The molecule has 2 aromatic heterocycles. The molecule has 0 bridgehead atoms. The zero-order valence-electron chi connectivity index (χ0n) is 10.8. The van der Waals surface area contributed by atoms with E-state index in [2.05, 4.69) is 15.4 Å². The van der Waals surface area contributed by atoms with E-state index < -0.39 is 0 Å². The van der Waals surface area contributed by atoms with Crippen LogP contribution in [0, 0.1) is 5.92 Å². The molecular weight excluding hydrogens is 258 g/mol. The molecule has 2 fully saturated rings. The van der Waals surface area contributed by atoms with Gasteiger partial charge in [0, 0.05) is 31.0 Å². The van der Waals surface area contributed by atoms with Crippen LogP contribution in [-0.4, -0.2) is 45.3 Å². The molecular formula is C13H15N5O2. The Labute approximate surface area is 115 Å². The van der Waals surface area contributed by atoms with Gasteiger partial charge in [0.05, 0.1) is 35.6 Å². The molecule has 1 aliphatic carbocycles. The van der Waals surface area contributed by atoms with Crippen LogP contribution in [0.2, 0.25) is 0 Å². The molecule has 4 rings (SSSR count). The van der Waals surface area contributed by atoms with Crippen LogP contribution in [0.3, 0.4) is 0 Å². The summed E-state index contributed by atoms with van der Waals surface area (Å²) in [5.74, 6) is 0.202. The molecule has 20 heavy (non-hydrogen) atoms. The van der Waals surface area contributed by atoms with Crippen molar-refractivity contribution < 1.29 is 9.53 Å². The maximum absolute atomic E-state index is 12.4. The Hall–Kier alpha value is -1.99. The number of nitrogens with one attached hydrogen (secondary N) is 1. The summed E-state index contributed by atoms with van der Waals surface area (Å²) in [5, 5.41) is 7.09. The Kier molecular flexibility index (Phi) is 2.51. The van der Waals surface area contributed by atoms with Crippen LogP contribution >= 0.6 is 0 Å². The van der Waals surface area contributed by atoms with E-state index in [4.69, 9.17) is 10.5 Å². The van der Waals surface area contributed by atoms with Crippen LogP contribution in [0.1, 0.15) is 16.8 Å². The van der Waals surface area contributed by atoms with Crippen molar-refractivity contribution in [3.05, 3.63) is 30.4 Å². The average molecular weight is 273 g/mol. The topological polar surface area (TPSA) is 94.5 Å². The number of hydrogen-bond acceptors (Lipinski definition) is 5. The predicted molar refractivity (Wildman–Crippen MR) is 70.1 cm³/mol. The van der Waals surface area contributed by atoms with E-state index in [9.17, 15) is 4.79 Å². The Bertz CT molecular complexity index is 670. The minimum absolute atomic E-state index is 0.0218. The van der Waals surface area contributed by atoms with Crippen molar-refractivity contribution in [3.63, 3.8) is 0 Å². The highest BCUT2D eigenvalue weighted by molar-refractivity contribution is 6.00. The molecule has 3 heterocycles. The molecule has 0 spiro atoms. The van der Waals surface area contributed by atoms with Crippen LogP contribution < -0.4 is 11.1 Å². The van der Waals surface area contributed by atoms with Crippen LogP contribution in [0.25, 0.3) is 5.52 Å². The maximum Gasteiger partial charge on any atom is 0.255 e. The number of rotatable bonds is 2. The van der Waals surface area contributed by atoms with Crippen molar-refractivity contribution in [1.29, 1.82) is 0 Å². The fourth-order valence-corrected chi connectivity index (χ4v) is 3.17. The van der Waals surface area contributed by atoms with Gasteiger partial charge in [0.25, 0.3) is 5.91 Å². The monoisotopic (exact) mass is 273 g/mol. The predicted octanol–water partition coefficient (Wildman–Crippen LogP) is -0.426. The number of hydrogen-bond donors (Lipinski definition) is 2. The molecule has 7 heteroatoms. The van der Waals surface area contributed by atoms with Gasteiger partial charge in [0.2, 0.25) is 0 Å². The maximum atomic E-state index is 12.4. The molecule has 1 amide bonds. The van der Waals surface area contributed by atoms with Gasteiger partial charge in [-0.15, -0.1) is 0 Å². The first-order valence-electron chi connectivity index (χ1n) is 6.71. The van der Waals surface area contributed by atoms with E-state index in [1.807, 2.05) is 0 Å². The second-order valence-corrected chi connectivity index (χ2v) is 5.33. The van der Waals surface area contributed by atoms with E-state index in [1.165, 1.54) is 0 Å². The molecule has 0 aromatic carbocycles. The molecule has 1 aliphatic heterocycles. The highest BCUT2D eigenvalue weighted by Crippen LogP contribution is 2.37. The zero-order valence-corrected chi connectivity index (χ0v) is 10.8. The third-order valence-corrected chi connectivity index (χ3v) is 4.31. The Morgan fingerprint density at radius 2 is 2.40 bits per heavy atom. The summed E-state index contributed by atoms with van der Waals surface area (Å²) in [4.78, 5) is 16.4. The molecule has 2 aromatic rings. The van der Waals surface area contributed by atoms with Crippen molar-refractivity contribution in [3.8, 4) is 0 Å². The van der Waals surface area contributed by atoms with E-state index in [0.29, 0.717) is 17.0 Å². The summed E-state index contributed by atoms with van der Waals surface area (Å²) < 4.78 is 7.24. The number of fused-ring (bicyclic) bond motifs is 2. The molecule has 7 nitrogen and oxygen atoms in total. The standard InChI is InChI=1S/C13H15N5O2/c14-10-7-1-4-20-12(7)11(10)17-13(19)8-5-16-18-3-2-15-6-9(8)18/h2-3,5-7,10-12H,1,4,14H2,(H,17,19). The van der Waals surface area contributed by atoms with Crippen molar-refractivity contribution in [2.45, 2.75) is 24.6 Å². The van der Waals surface area contributed by atoms with E-state index in [-0.39, 0.29) is 24.1 Å². The average Bonchev–Trinajstić information content (AvgIpc) is 3.08. The van der Waals surface area contributed by atoms with Crippen molar-refractivity contribution in [1.82, 2.24) is 19.9 Å².